The number of benzene rings is 2. The topological polar surface area (TPSA) is 131 Å². The number of carbonyl (C=O) groups is 1. The molecule has 0 fully saturated rings. The number of anilines is 5. The third-order valence-electron chi connectivity index (χ3n) is 3.83. The minimum Gasteiger partial charge on any atom is -0.497 e. The Morgan fingerprint density at radius 1 is 0.931 bits per heavy atom. The molecule has 0 saturated heterocycles. The number of methoxy groups -OCH3 is 1. The van der Waals surface area contributed by atoms with Crippen molar-refractivity contribution in [1.29, 1.82) is 0 Å². The minimum atomic E-state index is -0.556. The van der Waals surface area contributed by atoms with Crippen molar-refractivity contribution in [1.82, 2.24) is 9.97 Å². The Kier molecular flexibility index (Phi) is 5.83. The molecule has 0 atom stereocenters. The zero-order chi connectivity index (χ0) is 20.8. The molecule has 3 N–H and O–H groups in total. The first-order valence-electron chi connectivity index (χ1n) is 8.51. The molecule has 1 amide bonds. The van der Waals surface area contributed by atoms with Gasteiger partial charge in [0.05, 0.1) is 12.0 Å². The summed E-state index contributed by atoms with van der Waals surface area (Å²) in [7, 11) is 1.55. The Hall–Kier alpha value is -4.21. The number of amides is 1. The van der Waals surface area contributed by atoms with Crippen molar-refractivity contribution in [3.8, 4) is 5.75 Å². The predicted octanol–water partition coefficient (Wildman–Crippen LogP) is 3.84. The maximum absolute atomic E-state index is 11.7. The Labute approximate surface area is 166 Å². The molecular formula is C19H18N6O4. The van der Waals surface area contributed by atoms with E-state index in [1.54, 1.807) is 55.6 Å². The van der Waals surface area contributed by atoms with Crippen molar-refractivity contribution in [3.05, 3.63) is 65.0 Å². The van der Waals surface area contributed by atoms with Gasteiger partial charge >= 0.3 is 5.69 Å². The average Bonchev–Trinajstić information content (AvgIpc) is 2.69. The second-order valence-electron chi connectivity index (χ2n) is 5.91. The number of nitrogens with zero attached hydrogens (tertiary/aromatic N) is 3. The standard InChI is InChI=1S/C19H18N6O4/c1-12(26)22-13-3-5-14(6-4-13)23-18-17(25(27)28)19(21-11-20-18)24-15-7-9-16(29-2)10-8-15/h3-11H,1-2H3,(H,22,26)(H2,20,21,23,24). The fraction of sp³-hybridized carbons (Fsp3) is 0.105. The number of aromatic nitrogens is 2. The normalized spacial score (nSPS) is 10.1. The summed E-state index contributed by atoms with van der Waals surface area (Å²) in [6, 6.07) is 13.6. The first-order valence-corrected chi connectivity index (χ1v) is 8.51. The Bertz CT molecular complexity index is 1020. The fourth-order valence-electron chi connectivity index (χ4n) is 2.52. The van der Waals surface area contributed by atoms with Gasteiger partial charge < -0.3 is 20.7 Å². The molecule has 0 saturated carbocycles. The van der Waals surface area contributed by atoms with E-state index in [9.17, 15) is 14.9 Å². The highest BCUT2D eigenvalue weighted by molar-refractivity contribution is 5.89. The summed E-state index contributed by atoms with van der Waals surface area (Å²) in [5.74, 6) is 0.560. The lowest BCUT2D eigenvalue weighted by molar-refractivity contribution is -0.383. The highest BCUT2D eigenvalue weighted by Crippen LogP contribution is 2.33. The molecule has 3 rings (SSSR count). The van der Waals surface area contributed by atoms with E-state index < -0.39 is 4.92 Å². The van der Waals surface area contributed by atoms with E-state index >= 15 is 0 Å². The van der Waals surface area contributed by atoms with Crippen molar-refractivity contribution in [2.45, 2.75) is 6.92 Å². The molecule has 10 heteroatoms. The molecule has 0 radical (unpaired) electrons. The van der Waals surface area contributed by atoms with Crippen LogP contribution in [-0.2, 0) is 4.79 Å². The van der Waals surface area contributed by atoms with Crippen LogP contribution < -0.4 is 20.7 Å². The summed E-state index contributed by atoms with van der Waals surface area (Å²) in [5, 5.41) is 20.2. The van der Waals surface area contributed by atoms with Crippen molar-refractivity contribution in [2.24, 2.45) is 0 Å². The highest BCUT2D eigenvalue weighted by atomic mass is 16.6. The molecule has 0 bridgehead atoms. The van der Waals surface area contributed by atoms with Crippen LogP contribution in [0.25, 0.3) is 0 Å². The van der Waals surface area contributed by atoms with Crippen LogP contribution in [-0.4, -0.2) is 27.9 Å². The lowest BCUT2D eigenvalue weighted by atomic mass is 10.2. The maximum atomic E-state index is 11.7. The molecule has 0 aliphatic carbocycles. The number of nitro groups is 1. The van der Waals surface area contributed by atoms with Crippen molar-refractivity contribution < 1.29 is 14.5 Å². The average molecular weight is 394 g/mol. The number of nitrogens with one attached hydrogen (secondary N) is 3. The van der Waals surface area contributed by atoms with Crippen LogP contribution in [0.4, 0.5) is 34.4 Å². The van der Waals surface area contributed by atoms with Gasteiger partial charge in [0.2, 0.25) is 17.5 Å². The van der Waals surface area contributed by atoms with Crippen molar-refractivity contribution in [3.63, 3.8) is 0 Å². The molecule has 10 nitrogen and oxygen atoms in total. The molecule has 0 aliphatic rings. The van der Waals surface area contributed by atoms with Crippen LogP contribution in [0, 0.1) is 10.1 Å². The highest BCUT2D eigenvalue weighted by Gasteiger charge is 2.23. The van der Waals surface area contributed by atoms with E-state index in [1.165, 1.54) is 13.3 Å². The van der Waals surface area contributed by atoms with Crippen LogP contribution in [0.15, 0.2) is 54.9 Å². The molecule has 1 aromatic heterocycles. The fourth-order valence-corrected chi connectivity index (χ4v) is 2.52. The van der Waals surface area contributed by atoms with Gasteiger partial charge in [0.1, 0.15) is 12.1 Å². The van der Waals surface area contributed by atoms with E-state index in [0.29, 0.717) is 22.8 Å². The summed E-state index contributed by atoms with van der Waals surface area (Å²) in [4.78, 5) is 30.2. The Morgan fingerprint density at radius 2 is 1.41 bits per heavy atom. The number of ether oxygens (including phenoxy) is 1. The van der Waals surface area contributed by atoms with Gasteiger partial charge in [0.15, 0.2) is 0 Å². The van der Waals surface area contributed by atoms with Gasteiger partial charge in [-0.15, -0.1) is 0 Å². The van der Waals surface area contributed by atoms with Crippen molar-refractivity contribution in [2.75, 3.05) is 23.1 Å². The van der Waals surface area contributed by atoms with Gasteiger partial charge in [-0.25, -0.2) is 9.97 Å². The third kappa shape index (κ3) is 4.95. The predicted molar refractivity (Wildman–Crippen MR) is 109 cm³/mol. The van der Waals surface area contributed by atoms with Crippen LogP contribution in [0.2, 0.25) is 0 Å². The van der Waals surface area contributed by atoms with Gasteiger partial charge in [-0.3, -0.25) is 14.9 Å². The molecule has 0 spiro atoms. The molecule has 148 valence electrons. The van der Waals surface area contributed by atoms with E-state index in [2.05, 4.69) is 25.9 Å². The van der Waals surface area contributed by atoms with E-state index in [-0.39, 0.29) is 23.2 Å². The molecule has 3 aromatic rings. The maximum Gasteiger partial charge on any atom is 0.353 e. The van der Waals surface area contributed by atoms with Gasteiger partial charge in [-0.05, 0) is 48.5 Å². The number of carbonyl (C=O) groups excluding carboxylic acids is 1. The smallest absolute Gasteiger partial charge is 0.353 e. The minimum absolute atomic E-state index is 0.0355. The summed E-state index contributed by atoms with van der Waals surface area (Å²) in [6.45, 7) is 1.41. The van der Waals surface area contributed by atoms with Gasteiger partial charge in [-0.1, -0.05) is 0 Å². The van der Waals surface area contributed by atoms with Crippen LogP contribution >= 0.6 is 0 Å². The molecule has 1 heterocycles. The zero-order valence-electron chi connectivity index (χ0n) is 15.7. The van der Waals surface area contributed by atoms with E-state index in [1.807, 2.05) is 0 Å². The second kappa shape index (κ2) is 8.65. The zero-order valence-corrected chi connectivity index (χ0v) is 15.7. The molecule has 0 unspecified atom stereocenters. The molecule has 0 aliphatic heterocycles. The Morgan fingerprint density at radius 3 is 1.86 bits per heavy atom. The lowest BCUT2D eigenvalue weighted by Gasteiger charge is -2.11. The van der Waals surface area contributed by atoms with Crippen LogP contribution in [0.5, 0.6) is 5.75 Å². The first-order chi connectivity index (χ1) is 14.0. The molecular weight excluding hydrogens is 376 g/mol. The largest absolute Gasteiger partial charge is 0.497 e. The monoisotopic (exact) mass is 394 g/mol. The molecule has 29 heavy (non-hydrogen) atoms. The summed E-state index contributed by atoms with van der Waals surface area (Å²) in [5.41, 5.74) is 1.49. The number of hydrogen-bond donors (Lipinski definition) is 3. The number of hydrogen-bond acceptors (Lipinski definition) is 8. The second-order valence-corrected chi connectivity index (χ2v) is 5.91. The van der Waals surface area contributed by atoms with Gasteiger partial charge in [0.25, 0.3) is 0 Å². The first kappa shape index (κ1) is 19.5. The Balaban J connectivity index is 1.86. The number of rotatable bonds is 7. The molecule has 2 aromatic carbocycles. The summed E-state index contributed by atoms with van der Waals surface area (Å²) >= 11 is 0. The quantitative estimate of drug-likeness (QED) is 0.407. The summed E-state index contributed by atoms with van der Waals surface area (Å²) < 4.78 is 5.10. The van der Waals surface area contributed by atoms with E-state index in [4.69, 9.17) is 4.74 Å². The van der Waals surface area contributed by atoms with Crippen LogP contribution in [0.1, 0.15) is 6.92 Å². The van der Waals surface area contributed by atoms with Gasteiger partial charge in [-0.2, -0.15) is 0 Å². The third-order valence-corrected chi connectivity index (χ3v) is 3.83. The van der Waals surface area contributed by atoms with Crippen molar-refractivity contribution >= 4 is 40.3 Å². The lowest BCUT2D eigenvalue weighted by Crippen LogP contribution is -2.06. The summed E-state index contributed by atoms with van der Waals surface area (Å²) in [6.07, 6.45) is 1.23. The van der Waals surface area contributed by atoms with Gasteiger partial charge in [0, 0.05) is 24.0 Å². The SMILES string of the molecule is COc1ccc(Nc2ncnc(Nc3ccc(NC(C)=O)cc3)c2[N+](=O)[O-])cc1. The van der Waals surface area contributed by atoms with E-state index in [0.717, 1.165) is 0 Å². The van der Waals surface area contributed by atoms with Crippen LogP contribution in [0.3, 0.4) is 0 Å².